The van der Waals surface area contributed by atoms with Gasteiger partial charge in [0.25, 0.3) is 0 Å². The molecule has 0 unspecified atom stereocenters. The number of nitrogens with zero attached hydrogens (tertiary/aromatic N) is 3. The van der Waals surface area contributed by atoms with E-state index in [0.29, 0.717) is 24.8 Å². The molecule has 0 saturated carbocycles. The van der Waals surface area contributed by atoms with Crippen LogP contribution in [0, 0.1) is 6.92 Å². The van der Waals surface area contributed by atoms with Gasteiger partial charge in [0, 0.05) is 13.1 Å². The zero-order valence-corrected chi connectivity index (χ0v) is 14.5. The summed E-state index contributed by atoms with van der Waals surface area (Å²) < 4.78 is 5.20. The maximum atomic E-state index is 12.7. The Balaban J connectivity index is 1.46. The number of amides is 2. The highest BCUT2D eigenvalue weighted by atomic mass is 16.5. The number of urea groups is 1. The molecule has 1 fully saturated rings. The normalized spacial score (nSPS) is 14.3. The van der Waals surface area contributed by atoms with Crippen LogP contribution in [0.15, 0.2) is 65.2 Å². The molecule has 2 aromatic carbocycles. The van der Waals surface area contributed by atoms with Gasteiger partial charge < -0.3 is 14.7 Å². The fraction of sp³-hybridized carbons (Fsp3) is 0.250. The topological polar surface area (TPSA) is 71.3 Å². The van der Waals surface area contributed by atoms with Gasteiger partial charge in [0.05, 0.1) is 12.0 Å². The van der Waals surface area contributed by atoms with Crippen molar-refractivity contribution in [2.45, 2.75) is 18.9 Å². The van der Waals surface area contributed by atoms with Crippen LogP contribution in [0.3, 0.4) is 0 Å². The first-order chi connectivity index (χ1) is 12.7. The Bertz CT molecular complexity index is 834. The lowest BCUT2D eigenvalue weighted by atomic mass is 9.98. The van der Waals surface area contributed by atoms with Gasteiger partial charge in [-0.15, -0.1) is 0 Å². The summed E-state index contributed by atoms with van der Waals surface area (Å²) in [5, 5.41) is 6.96. The summed E-state index contributed by atoms with van der Waals surface area (Å²) in [6.45, 7) is 2.97. The summed E-state index contributed by atoms with van der Waals surface area (Å²) in [5.74, 6) is 1.35. The Morgan fingerprint density at radius 3 is 2.15 bits per heavy atom. The van der Waals surface area contributed by atoms with Crippen molar-refractivity contribution in [2.75, 3.05) is 13.1 Å². The minimum atomic E-state index is -0.186. The molecule has 2 amide bonds. The third-order valence-electron chi connectivity index (χ3n) is 4.59. The first-order valence-electron chi connectivity index (χ1n) is 8.66. The van der Waals surface area contributed by atoms with Gasteiger partial charge >= 0.3 is 6.03 Å². The molecule has 6 nitrogen and oxygen atoms in total. The average Bonchev–Trinajstić information content (AvgIpc) is 3.06. The third kappa shape index (κ3) is 3.31. The highest BCUT2D eigenvalue weighted by molar-refractivity contribution is 5.76. The van der Waals surface area contributed by atoms with E-state index in [9.17, 15) is 4.79 Å². The van der Waals surface area contributed by atoms with Crippen LogP contribution < -0.4 is 5.32 Å². The SMILES string of the molecule is Cc1noc(C2CN(C(=O)NC(c3ccccc3)c3ccccc3)C2)n1. The minimum Gasteiger partial charge on any atom is -0.339 e. The molecule has 1 aliphatic heterocycles. The third-order valence-corrected chi connectivity index (χ3v) is 4.59. The molecule has 4 rings (SSSR count). The van der Waals surface area contributed by atoms with E-state index in [0.717, 1.165) is 11.1 Å². The molecule has 1 aliphatic rings. The highest BCUT2D eigenvalue weighted by Gasteiger charge is 2.36. The van der Waals surface area contributed by atoms with Gasteiger partial charge in [0.1, 0.15) is 0 Å². The second-order valence-electron chi connectivity index (χ2n) is 6.49. The number of likely N-dealkylation sites (tertiary alicyclic amines) is 1. The van der Waals surface area contributed by atoms with Crippen molar-refractivity contribution in [1.82, 2.24) is 20.4 Å². The summed E-state index contributed by atoms with van der Waals surface area (Å²) in [7, 11) is 0. The Hall–Kier alpha value is -3.15. The number of aryl methyl sites for hydroxylation is 1. The molecule has 0 radical (unpaired) electrons. The second-order valence-corrected chi connectivity index (χ2v) is 6.49. The van der Waals surface area contributed by atoms with Crippen LogP contribution in [0.1, 0.15) is 34.8 Å². The van der Waals surface area contributed by atoms with E-state index in [4.69, 9.17) is 4.52 Å². The molecule has 0 bridgehead atoms. The van der Waals surface area contributed by atoms with Gasteiger partial charge in [-0.1, -0.05) is 65.8 Å². The molecule has 0 atom stereocenters. The molecular formula is C20H20N4O2. The van der Waals surface area contributed by atoms with Crippen molar-refractivity contribution in [3.8, 4) is 0 Å². The van der Waals surface area contributed by atoms with E-state index in [1.54, 1.807) is 11.8 Å². The van der Waals surface area contributed by atoms with E-state index in [2.05, 4.69) is 15.5 Å². The molecule has 2 heterocycles. The van der Waals surface area contributed by atoms with Gasteiger partial charge in [-0.3, -0.25) is 0 Å². The Morgan fingerprint density at radius 1 is 1.08 bits per heavy atom. The predicted molar refractivity (Wildman–Crippen MR) is 96.6 cm³/mol. The van der Waals surface area contributed by atoms with Crippen molar-refractivity contribution < 1.29 is 9.32 Å². The van der Waals surface area contributed by atoms with Crippen LogP contribution in [0.4, 0.5) is 4.79 Å². The molecule has 6 heteroatoms. The first-order valence-corrected chi connectivity index (χ1v) is 8.66. The fourth-order valence-electron chi connectivity index (χ4n) is 3.14. The van der Waals surface area contributed by atoms with Crippen LogP contribution >= 0.6 is 0 Å². The van der Waals surface area contributed by atoms with Crippen molar-refractivity contribution in [3.05, 3.63) is 83.5 Å². The quantitative estimate of drug-likeness (QED) is 0.785. The first kappa shape index (κ1) is 16.3. The predicted octanol–water partition coefficient (Wildman–Crippen LogP) is 3.28. The number of carbonyl (C=O) groups excluding carboxylic acids is 1. The zero-order chi connectivity index (χ0) is 17.9. The number of rotatable bonds is 4. The molecule has 1 aromatic heterocycles. The van der Waals surface area contributed by atoms with Crippen molar-refractivity contribution >= 4 is 6.03 Å². The number of hydrogen-bond donors (Lipinski definition) is 1. The van der Waals surface area contributed by atoms with Crippen molar-refractivity contribution in [2.24, 2.45) is 0 Å². The van der Waals surface area contributed by atoms with Gasteiger partial charge in [0.15, 0.2) is 5.82 Å². The van der Waals surface area contributed by atoms with E-state index >= 15 is 0 Å². The lowest BCUT2D eigenvalue weighted by Gasteiger charge is -2.38. The van der Waals surface area contributed by atoms with E-state index < -0.39 is 0 Å². The van der Waals surface area contributed by atoms with Crippen LogP contribution in [0.5, 0.6) is 0 Å². The summed E-state index contributed by atoms with van der Waals surface area (Å²) in [6.07, 6.45) is 0. The van der Waals surface area contributed by atoms with Crippen LogP contribution in [0.2, 0.25) is 0 Å². The summed E-state index contributed by atoms with van der Waals surface area (Å²) in [5.41, 5.74) is 2.10. The smallest absolute Gasteiger partial charge is 0.318 e. The standard InChI is InChI=1S/C20H20N4O2/c1-14-21-19(26-23-14)17-12-24(13-17)20(25)22-18(15-8-4-2-5-9-15)16-10-6-3-7-11-16/h2-11,17-18H,12-13H2,1H3,(H,22,25). The van der Waals surface area contributed by atoms with E-state index in [1.165, 1.54) is 0 Å². The van der Waals surface area contributed by atoms with Crippen molar-refractivity contribution in [3.63, 3.8) is 0 Å². The monoisotopic (exact) mass is 348 g/mol. The van der Waals surface area contributed by atoms with Crippen LogP contribution in [0.25, 0.3) is 0 Å². The molecule has 0 spiro atoms. The van der Waals surface area contributed by atoms with Crippen LogP contribution in [-0.4, -0.2) is 34.2 Å². The number of benzene rings is 2. The molecule has 132 valence electrons. The molecule has 1 N–H and O–H groups in total. The summed E-state index contributed by atoms with van der Waals surface area (Å²) >= 11 is 0. The van der Waals surface area contributed by atoms with Gasteiger partial charge in [0.2, 0.25) is 5.89 Å². The minimum absolute atomic E-state index is 0.0878. The van der Waals surface area contributed by atoms with Crippen molar-refractivity contribution in [1.29, 1.82) is 0 Å². The Morgan fingerprint density at radius 2 is 1.65 bits per heavy atom. The Labute approximate surface area is 151 Å². The van der Waals surface area contributed by atoms with Crippen LogP contribution in [-0.2, 0) is 0 Å². The van der Waals surface area contributed by atoms with Gasteiger partial charge in [-0.05, 0) is 18.1 Å². The summed E-state index contributed by atoms with van der Waals surface area (Å²) in [6, 6.07) is 19.7. The lowest BCUT2D eigenvalue weighted by molar-refractivity contribution is 0.135. The van der Waals surface area contributed by atoms with Gasteiger partial charge in [-0.25, -0.2) is 4.79 Å². The molecular weight excluding hydrogens is 328 g/mol. The maximum absolute atomic E-state index is 12.7. The number of nitrogens with one attached hydrogen (secondary N) is 1. The summed E-state index contributed by atoms with van der Waals surface area (Å²) in [4.78, 5) is 18.7. The lowest BCUT2D eigenvalue weighted by Crippen LogP contribution is -2.53. The largest absolute Gasteiger partial charge is 0.339 e. The maximum Gasteiger partial charge on any atom is 0.318 e. The van der Waals surface area contributed by atoms with E-state index in [-0.39, 0.29) is 18.0 Å². The van der Waals surface area contributed by atoms with Gasteiger partial charge in [-0.2, -0.15) is 4.98 Å². The molecule has 0 aliphatic carbocycles. The number of carbonyl (C=O) groups is 1. The highest BCUT2D eigenvalue weighted by Crippen LogP contribution is 2.27. The fourth-order valence-corrected chi connectivity index (χ4v) is 3.14. The molecule has 1 saturated heterocycles. The number of aromatic nitrogens is 2. The van der Waals surface area contributed by atoms with E-state index in [1.807, 2.05) is 60.7 Å². The molecule has 3 aromatic rings. The molecule has 26 heavy (non-hydrogen) atoms. The Kier molecular flexibility index (Phi) is 4.39. The second kappa shape index (κ2) is 7.00. The average molecular weight is 348 g/mol. The number of hydrogen-bond acceptors (Lipinski definition) is 4. The zero-order valence-electron chi connectivity index (χ0n) is 14.5.